The lowest BCUT2D eigenvalue weighted by Gasteiger charge is -2.27. The lowest BCUT2D eigenvalue weighted by atomic mass is 9.87. The van der Waals surface area contributed by atoms with Crippen molar-refractivity contribution in [2.75, 3.05) is 0 Å². The van der Waals surface area contributed by atoms with Crippen molar-refractivity contribution in [1.29, 1.82) is 0 Å². The van der Waals surface area contributed by atoms with Crippen LogP contribution in [0.15, 0.2) is 12.3 Å². The van der Waals surface area contributed by atoms with Crippen molar-refractivity contribution in [3.05, 3.63) is 23.8 Å². The molecule has 1 aromatic rings. The van der Waals surface area contributed by atoms with Crippen LogP contribution in [-0.2, 0) is 6.54 Å². The van der Waals surface area contributed by atoms with E-state index in [1.807, 2.05) is 19.2 Å². The van der Waals surface area contributed by atoms with E-state index in [4.69, 9.17) is 0 Å². The molecule has 1 aliphatic rings. The van der Waals surface area contributed by atoms with Crippen LogP contribution in [-0.4, -0.2) is 16.0 Å². The van der Waals surface area contributed by atoms with E-state index in [1.54, 1.807) is 0 Å². The fraction of sp³-hybridized carbons (Fsp3) is 0.692. The van der Waals surface area contributed by atoms with Gasteiger partial charge in [-0.1, -0.05) is 20.3 Å². The van der Waals surface area contributed by atoms with Gasteiger partial charge in [0.05, 0.1) is 5.69 Å². The van der Waals surface area contributed by atoms with Crippen LogP contribution < -0.4 is 5.32 Å². The maximum absolute atomic E-state index is 4.41. The minimum atomic E-state index is 0.433. The molecule has 1 unspecified atom stereocenters. The predicted octanol–water partition coefficient (Wildman–Crippen LogP) is 2.45. The molecule has 0 spiro atoms. The molecular formula is C13H21N3. The maximum Gasteiger partial charge on any atom is 0.125 e. The number of rotatable bonds is 3. The smallest absolute Gasteiger partial charge is 0.125 e. The van der Waals surface area contributed by atoms with Crippen LogP contribution in [0.4, 0.5) is 0 Å². The SMILES string of the molecule is Cc1nccc(CNC2CCCC2(C)C)n1. The lowest BCUT2D eigenvalue weighted by Crippen LogP contribution is -2.37. The second-order valence-electron chi connectivity index (χ2n) is 5.41. The molecule has 1 saturated carbocycles. The standard InChI is InChI=1S/C13H21N3/c1-10-14-8-6-11(16-10)9-15-12-5-4-7-13(12,2)3/h6,8,12,15H,4-5,7,9H2,1-3H3. The predicted molar refractivity (Wildman–Crippen MR) is 65.0 cm³/mol. The largest absolute Gasteiger partial charge is 0.308 e. The van der Waals surface area contributed by atoms with E-state index in [2.05, 4.69) is 29.1 Å². The van der Waals surface area contributed by atoms with Gasteiger partial charge in [-0.3, -0.25) is 0 Å². The summed E-state index contributed by atoms with van der Waals surface area (Å²) < 4.78 is 0. The number of hydrogen-bond acceptors (Lipinski definition) is 3. The van der Waals surface area contributed by atoms with Gasteiger partial charge in [0.2, 0.25) is 0 Å². The summed E-state index contributed by atoms with van der Waals surface area (Å²) in [5.74, 6) is 0.852. The molecule has 3 nitrogen and oxygen atoms in total. The van der Waals surface area contributed by atoms with E-state index >= 15 is 0 Å². The zero-order chi connectivity index (χ0) is 11.6. The van der Waals surface area contributed by atoms with Gasteiger partial charge in [-0.2, -0.15) is 0 Å². The molecule has 1 N–H and O–H groups in total. The van der Waals surface area contributed by atoms with E-state index in [0.717, 1.165) is 18.1 Å². The van der Waals surface area contributed by atoms with E-state index in [9.17, 15) is 0 Å². The first-order chi connectivity index (χ1) is 7.58. The van der Waals surface area contributed by atoms with Crippen LogP contribution >= 0.6 is 0 Å². The number of hydrogen-bond donors (Lipinski definition) is 1. The Morgan fingerprint density at radius 3 is 2.94 bits per heavy atom. The monoisotopic (exact) mass is 219 g/mol. The summed E-state index contributed by atoms with van der Waals surface area (Å²) in [4.78, 5) is 8.52. The Bertz CT molecular complexity index is 360. The first-order valence-corrected chi connectivity index (χ1v) is 6.10. The molecule has 1 aromatic heterocycles. The first-order valence-electron chi connectivity index (χ1n) is 6.10. The molecule has 0 bridgehead atoms. The van der Waals surface area contributed by atoms with E-state index in [1.165, 1.54) is 19.3 Å². The zero-order valence-corrected chi connectivity index (χ0v) is 10.5. The minimum Gasteiger partial charge on any atom is -0.308 e. The normalized spacial score (nSPS) is 23.6. The van der Waals surface area contributed by atoms with Gasteiger partial charge in [0.15, 0.2) is 0 Å². The summed E-state index contributed by atoms with van der Waals surface area (Å²) in [6, 6.07) is 2.62. The summed E-state index contributed by atoms with van der Waals surface area (Å²) in [6.45, 7) is 7.49. The second-order valence-corrected chi connectivity index (χ2v) is 5.41. The quantitative estimate of drug-likeness (QED) is 0.848. The average Bonchev–Trinajstić information content (AvgIpc) is 2.55. The third-order valence-corrected chi connectivity index (χ3v) is 3.62. The second kappa shape index (κ2) is 4.50. The molecular weight excluding hydrogens is 198 g/mol. The topological polar surface area (TPSA) is 37.8 Å². The molecule has 0 amide bonds. The maximum atomic E-state index is 4.41. The first kappa shape index (κ1) is 11.5. The van der Waals surface area contributed by atoms with E-state index in [-0.39, 0.29) is 0 Å². The third kappa shape index (κ3) is 2.59. The molecule has 2 rings (SSSR count). The van der Waals surface area contributed by atoms with Crippen LogP contribution in [0.3, 0.4) is 0 Å². The molecule has 0 saturated heterocycles. The van der Waals surface area contributed by atoms with Crippen molar-refractivity contribution in [3.8, 4) is 0 Å². The van der Waals surface area contributed by atoms with Gasteiger partial charge < -0.3 is 5.32 Å². The summed E-state index contributed by atoms with van der Waals surface area (Å²) >= 11 is 0. The molecule has 3 heteroatoms. The number of nitrogens with zero attached hydrogens (tertiary/aromatic N) is 2. The van der Waals surface area contributed by atoms with Crippen molar-refractivity contribution >= 4 is 0 Å². The van der Waals surface area contributed by atoms with Gasteiger partial charge in [0.25, 0.3) is 0 Å². The van der Waals surface area contributed by atoms with E-state index in [0.29, 0.717) is 11.5 Å². The lowest BCUT2D eigenvalue weighted by molar-refractivity contribution is 0.281. The number of nitrogens with one attached hydrogen (secondary N) is 1. The average molecular weight is 219 g/mol. The van der Waals surface area contributed by atoms with E-state index < -0.39 is 0 Å². The molecule has 1 atom stereocenters. The highest BCUT2D eigenvalue weighted by Gasteiger charge is 2.33. The summed E-state index contributed by atoms with van der Waals surface area (Å²) in [5.41, 5.74) is 1.53. The Hall–Kier alpha value is -0.960. The molecule has 1 fully saturated rings. The van der Waals surface area contributed by atoms with Crippen molar-refractivity contribution in [3.63, 3.8) is 0 Å². The Kier molecular flexibility index (Phi) is 3.24. The fourth-order valence-electron chi connectivity index (χ4n) is 2.54. The molecule has 0 aliphatic heterocycles. The van der Waals surface area contributed by atoms with Crippen LogP contribution in [0.1, 0.15) is 44.6 Å². The Balaban J connectivity index is 1.92. The Labute approximate surface area is 97.7 Å². The van der Waals surface area contributed by atoms with Crippen LogP contribution in [0.25, 0.3) is 0 Å². The fourth-order valence-corrected chi connectivity index (χ4v) is 2.54. The summed E-state index contributed by atoms with van der Waals surface area (Å²) in [7, 11) is 0. The van der Waals surface area contributed by atoms with Crippen molar-refractivity contribution < 1.29 is 0 Å². The molecule has 16 heavy (non-hydrogen) atoms. The van der Waals surface area contributed by atoms with Gasteiger partial charge in [0.1, 0.15) is 5.82 Å². The van der Waals surface area contributed by atoms with Gasteiger partial charge in [-0.25, -0.2) is 9.97 Å². The zero-order valence-electron chi connectivity index (χ0n) is 10.5. The van der Waals surface area contributed by atoms with Gasteiger partial charge in [0, 0.05) is 18.8 Å². The number of aryl methyl sites for hydroxylation is 1. The third-order valence-electron chi connectivity index (χ3n) is 3.62. The highest BCUT2D eigenvalue weighted by atomic mass is 15.0. The van der Waals surface area contributed by atoms with Crippen molar-refractivity contribution in [2.24, 2.45) is 5.41 Å². The van der Waals surface area contributed by atoms with Gasteiger partial charge in [-0.05, 0) is 31.2 Å². The minimum absolute atomic E-state index is 0.433. The van der Waals surface area contributed by atoms with Crippen molar-refractivity contribution in [1.82, 2.24) is 15.3 Å². The highest BCUT2D eigenvalue weighted by Crippen LogP contribution is 2.37. The van der Waals surface area contributed by atoms with Crippen LogP contribution in [0, 0.1) is 12.3 Å². The Morgan fingerprint density at radius 1 is 1.50 bits per heavy atom. The van der Waals surface area contributed by atoms with Gasteiger partial charge in [-0.15, -0.1) is 0 Å². The highest BCUT2D eigenvalue weighted by molar-refractivity contribution is 5.02. The molecule has 0 aromatic carbocycles. The van der Waals surface area contributed by atoms with Crippen LogP contribution in [0.2, 0.25) is 0 Å². The molecule has 88 valence electrons. The number of aromatic nitrogens is 2. The van der Waals surface area contributed by atoms with Crippen LogP contribution in [0.5, 0.6) is 0 Å². The van der Waals surface area contributed by atoms with Gasteiger partial charge >= 0.3 is 0 Å². The molecule has 1 heterocycles. The molecule has 1 aliphatic carbocycles. The molecule has 0 radical (unpaired) electrons. The Morgan fingerprint density at radius 2 is 2.31 bits per heavy atom. The summed E-state index contributed by atoms with van der Waals surface area (Å²) in [5, 5.41) is 3.63. The summed E-state index contributed by atoms with van der Waals surface area (Å²) in [6.07, 6.45) is 5.79. The van der Waals surface area contributed by atoms with Crippen molar-refractivity contribution in [2.45, 2.75) is 52.6 Å².